The van der Waals surface area contributed by atoms with Gasteiger partial charge in [0, 0.05) is 13.0 Å². The quantitative estimate of drug-likeness (QED) is 0.861. The van der Waals surface area contributed by atoms with E-state index in [9.17, 15) is 0 Å². The predicted octanol–water partition coefficient (Wildman–Crippen LogP) is 3.33. The lowest BCUT2D eigenvalue weighted by molar-refractivity contribution is 0.445. The summed E-state index contributed by atoms with van der Waals surface area (Å²) in [6.45, 7) is 1.87. The van der Waals surface area contributed by atoms with E-state index in [-0.39, 0.29) is 6.04 Å². The van der Waals surface area contributed by atoms with E-state index in [4.69, 9.17) is 10.2 Å². The van der Waals surface area contributed by atoms with Crippen LogP contribution in [0.5, 0.6) is 0 Å². The molecule has 3 rings (SSSR count). The summed E-state index contributed by atoms with van der Waals surface area (Å²) in [5.74, 6) is 1.35. The van der Waals surface area contributed by atoms with Crippen molar-refractivity contribution in [2.45, 2.75) is 38.6 Å². The summed E-state index contributed by atoms with van der Waals surface area (Å²) in [6, 6.07) is 6.29. The van der Waals surface area contributed by atoms with Crippen LogP contribution in [0.15, 0.2) is 22.6 Å². The Morgan fingerprint density at radius 2 is 2.12 bits per heavy atom. The van der Waals surface area contributed by atoms with Crippen molar-refractivity contribution >= 4 is 11.1 Å². The molecule has 0 amide bonds. The first-order valence-electron chi connectivity index (χ1n) is 6.37. The van der Waals surface area contributed by atoms with Gasteiger partial charge in [-0.2, -0.15) is 0 Å². The standard InChI is InChI=1S/C14H18N2O/c1-9-16-12-8-11(6-7-13(12)17-9)14(15)10-4-2-3-5-10/h6-8,10,14H,2-5,15H2,1H3. The number of benzene rings is 1. The molecule has 1 aromatic heterocycles. The summed E-state index contributed by atoms with van der Waals surface area (Å²) < 4.78 is 5.48. The third kappa shape index (κ3) is 1.95. The highest BCUT2D eigenvalue weighted by Crippen LogP contribution is 2.34. The van der Waals surface area contributed by atoms with Gasteiger partial charge >= 0.3 is 0 Å². The first kappa shape index (κ1) is 10.8. The van der Waals surface area contributed by atoms with Crippen LogP contribution in [0.25, 0.3) is 11.1 Å². The average Bonchev–Trinajstić information content (AvgIpc) is 2.94. The highest BCUT2D eigenvalue weighted by atomic mass is 16.3. The fourth-order valence-electron chi connectivity index (χ4n) is 2.86. The minimum absolute atomic E-state index is 0.152. The molecule has 0 radical (unpaired) electrons. The summed E-state index contributed by atoms with van der Waals surface area (Å²) in [5.41, 5.74) is 9.31. The summed E-state index contributed by atoms with van der Waals surface area (Å²) in [5, 5.41) is 0. The molecule has 0 aliphatic heterocycles. The molecule has 2 N–H and O–H groups in total. The molecule has 17 heavy (non-hydrogen) atoms. The molecule has 3 heteroatoms. The highest BCUT2D eigenvalue weighted by molar-refractivity contribution is 5.73. The molecule has 1 atom stereocenters. The molecule has 3 nitrogen and oxygen atoms in total. The minimum Gasteiger partial charge on any atom is -0.441 e. The van der Waals surface area contributed by atoms with Gasteiger partial charge in [0.15, 0.2) is 11.5 Å². The van der Waals surface area contributed by atoms with Gasteiger partial charge in [-0.05, 0) is 36.5 Å². The maximum absolute atomic E-state index is 6.34. The number of hydrogen-bond acceptors (Lipinski definition) is 3. The van der Waals surface area contributed by atoms with Crippen LogP contribution >= 0.6 is 0 Å². The van der Waals surface area contributed by atoms with E-state index in [1.807, 2.05) is 13.0 Å². The first-order chi connectivity index (χ1) is 8.24. The second kappa shape index (κ2) is 4.15. The lowest BCUT2D eigenvalue weighted by Gasteiger charge is -2.18. The molecule has 0 saturated heterocycles. The number of oxazole rings is 1. The van der Waals surface area contributed by atoms with E-state index in [0.29, 0.717) is 11.8 Å². The van der Waals surface area contributed by atoms with Crippen molar-refractivity contribution in [3.8, 4) is 0 Å². The van der Waals surface area contributed by atoms with E-state index < -0.39 is 0 Å². The van der Waals surface area contributed by atoms with Crippen molar-refractivity contribution in [1.82, 2.24) is 4.98 Å². The third-order valence-corrected chi connectivity index (χ3v) is 3.81. The van der Waals surface area contributed by atoms with Crippen LogP contribution in [0.1, 0.15) is 43.2 Å². The van der Waals surface area contributed by atoms with E-state index in [1.54, 1.807) is 0 Å². The third-order valence-electron chi connectivity index (χ3n) is 3.81. The van der Waals surface area contributed by atoms with E-state index in [0.717, 1.165) is 11.1 Å². The fourth-order valence-corrected chi connectivity index (χ4v) is 2.86. The number of aromatic nitrogens is 1. The number of hydrogen-bond donors (Lipinski definition) is 1. The maximum atomic E-state index is 6.34. The Hall–Kier alpha value is -1.35. The zero-order valence-corrected chi connectivity index (χ0v) is 10.1. The van der Waals surface area contributed by atoms with E-state index >= 15 is 0 Å². The molecular weight excluding hydrogens is 212 g/mol. The molecule has 1 aliphatic carbocycles. The molecule has 1 unspecified atom stereocenters. The highest BCUT2D eigenvalue weighted by Gasteiger charge is 2.23. The van der Waals surface area contributed by atoms with Crippen LogP contribution in [0, 0.1) is 12.8 Å². The summed E-state index contributed by atoms with van der Waals surface area (Å²) >= 11 is 0. The van der Waals surface area contributed by atoms with Crippen LogP contribution in [-0.4, -0.2) is 4.98 Å². The summed E-state index contributed by atoms with van der Waals surface area (Å²) in [4.78, 5) is 4.36. The smallest absolute Gasteiger partial charge is 0.192 e. The van der Waals surface area contributed by atoms with E-state index in [1.165, 1.54) is 31.2 Å². The molecule has 1 aliphatic rings. The van der Waals surface area contributed by atoms with Gasteiger partial charge in [0.05, 0.1) is 0 Å². The number of aryl methyl sites for hydroxylation is 1. The van der Waals surface area contributed by atoms with Crippen LogP contribution in [0.4, 0.5) is 0 Å². The number of nitrogens with zero attached hydrogens (tertiary/aromatic N) is 1. The SMILES string of the molecule is Cc1nc2cc(C(N)C3CCCC3)ccc2o1. The molecule has 0 bridgehead atoms. The number of fused-ring (bicyclic) bond motifs is 1. The Balaban J connectivity index is 1.93. The Labute approximate surface area is 101 Å². The number of nitrogens with two attached hydrogens (primary N) is 1. The van der Waals surface area contributed by atoms with Gasteiger partial charge < -0.3 is 10.2 Å². The lowest BCUT2D eigenvalue weighted by Crippen LogP contribution is -2.18. The monoisotopic (exact) mass is 230 g/mol. The first-order valence-corrected chi connectivity index (χ1v) is 6.37. The minimum atomic E-state index is 0.152. The van der Waals surface area contributed by atoms with Crippen LogP contribution in [-0.2, 0) is 0 Å². The zero-order chi connectivity index (χ0) is 11.8. The molecule has 1 fully saturated rings. The molecule has 1 heterocycles. The van der Waals surface area contributed by atoms with Crippen molar-refractivity contribution in [2.24, 2.45) is 11.7 Å². The van der Waals surface area contributed by atoms with Crippen molar-refractivity contribution in [3.63, 3.8) is 0 Å². The Morgan fingerprint density at radius 3 is 2.88 bits per heavy atom. The van der Waals surface area contributed by atoms with Crippen molar-refractivity contribution in [1.29, 1.82) is 0 Å². The normalized spacial score (nSPS) is 18.9. The Kier molecular flexibility index (Phi) is 2.63. The summed E-state index contributed by atoms with van der Waals surface area (Å²) in [7, 11) is 0. The molecule has 1 saturated carbocycles. The fraction of sp³-hybridized carbons (Fsp3) is 0.500. The molecule has 1 aromatic carbocycles. The predicted molar refractivity (Wildman–Crippen MR) is 67.6 cm³/mol. The van der Waals surface area contributed by atoms with Gasteiger partial charge in [-0.25, -0.2) is 4.98 Å². The molecule has 0 spiro atoms. The van der Waals surface area contributed by atoms with Gasteiger partial charge in [0.1, 0.15) is 5.52 Å². The lowest BCUT2D eigenvalue weighted by atomic mass is 9.92. The topological polar surface area (TPSA) is 52.0 Å². The number of rotatable bonds is 2. The van der Waals surface area contributed by atoms with Crippen molar-refractivity contribution in [2.75, 3.05) is 0 Å². The zero-order valence-electron chi connectivity index (χ0n) is 10.1. The van der Waals surface area contributed by atoms with Gasteiger partial charge in [-0.3, -0.25) is 0 Å². The van der Waals surface area contributed by atoms with Crippen LogP contribution in [0.3, 0.4) is 0 Å². The average molecular weight is 230 g/mol. The molecule has 2 aromatic rings. The second-order valence-corrected chi connectivity index (χ2v) is 5.03. The van der Waals surface area contributed by atoms with Crippen LogP contribution in [0.2, 0.25) is 0 Å². The molecular formula is C14H18N2O. The second-order valence-electron chi connectivity index (χ2n) is 5.03. The van der Waals surface area contributed by atoms with Gasteiger partial charge in [0.2, 0.25) is 0 Å². The van der Waals surface area contributed by atoms with Crippen molar-refractivity contribution in [3.05, 3.63) is 29.7 Å². The largest absolute Gasteiger partial charge is 0.441 e. The van der Waals surface area contributed by atoms with Gasteiger partial charge in [-0.1, -0.05) is 18.9 Å². The van der Waals surface area contributed by atoms with Crippen LogP contribution < -0.4 is 5.73 Å². The maximum Gasteiger partial charge on any atom is 0.192 e. The van der Waals surface area contributed by atoms with Gasteiger partial charge in [-0.15, -0.1) is 0 Å². The Morgan fingerprint density at radius 1 is 1.35 bits per heavy atom. The summed E-state index contributed by atoms with van der Waals surface area (Å²) in [6.07, 6.45) is 5.17. The molecule has 90 valence electrons. The van der Waals surface area contributed by atoms with Crippen molar-refractivity contribution < 1.29 is 4.42 Å². The van der Waals surface area contributed by atoms with Gasteiger partial charge in [0.25, 0.3) is 0 Å². The van der Waals surface area contributed by atoms with E-state index in [2.05, 4.69) is 17.1 Å². The Bertz CT molecular complexity index is 526.